The van der Waals surface area contributed by atoms with Crippen LogP contribution in [0.15, 0.2) is 30.3 Å². The molecule has 1 aliphatic rings. The summed E-state index contributed by atoms with van der Waals surface area (Å²) in [6.07, 6.45) is 4.70. The summed E-state index contributed by atoms with van der Waals surface area (Å²) in [5, 5.41) is 4.09. The van der Waals surface area contributed by atoms with Crippen molar-refractivity contribution >= 4 is 17.6 Å². The Labute approximate surface area is 124 Å². The summed E-state index contributed by atoms with van der Waals surface area (Å²) in [4.78, 5) is 6.34. The Kier molecular flexibility index (Phi) is 3.51. The molecule has 1 fully saturated rings. The molecular weight excluding hydrogens is 264 g/mol. The second-order valence-corrected chi connectivity index (χ2v) is 5.15. The van der Waals surface area contributed by atoms with Gasteiger partial charge in [-0.15, -0.1) is 5.10 Å². The number of likely N-dealkylation sites (tertiary alicyclic amines) is 1. The van der Waals surface area contributed by atoms with E-state index in [4.69, 9.17) is 11.5 Å². The maximum Gasteiger partial charge on any atom is 0.241 e. The van der Waals surface area contributed by atoms with Crippen molar-refractivity contribution in [2.75, 3.05) is 24.6 Å². The largest absolute Gasteiger partial charge is 0.371 e. The molecule has 0 aliphatic carbocycles. The Hall–Kier alpha value is -2.50. The van der Waals surface area contributed by atoms with E-state index in [9.17, 15) is 0 Å². The molecule has 0 amide bonds. The first kappa shape index (κ1) is 13.5. The van der Waals surface area contributed by atoms with E-state index in [1.807, 2.05) is 12.1 Å². The second-order valence-electron chi connectivity index (χ2n) is 5.15. The molecule has 6 heteroatoms. The maximum absolute atomic E-state index is 5.79. The lowest BCUT2D eigenvalue weighted by Gasteiger charge is -2.21. The minimum atomic E-state index is 0.183. The number of nitrogen functional groups attached to an aromatic ring is 2. The highest BCUT2D eigenvalue weighted by molar-refractivity contribution is 5.65. The Morgan fingerprint density at radius 2 is 1.81 bits per heavy atom. The van der Waals surface area contributed by atoms with E-state index >= 15 is 0 Å². The molecule has 0 atom stereocenters. The van der Waals surface area contributed by atoms with Crippen molar-refractivity contribution in [2.24, 2.45) is 0 Å². The van der Waals surface area contributed by atoms with E-state index in [1.165, 1.54) is 24.1 Å². The van der Waals surface area contributed by atoms with Gasteiger partial charge >= 0.3 is 0 Å². The molecule has 0 bridgehead atoms. The van der Waals surface area contributed by atoms with Gasteiger partial charge in [0.1, 0.15) is 0 Å². The molecule has 1 aromatic carbocycles. The van der Waals surface area contributed by atoms with E-state index in [1.54, 1.807) is 4.68 Å². The molecule has 2 heterocycles. The molecule has 1 saturated heterocycles. The van der Waals surface area contributed by atoms with Crippen molar-refractivity contribution in [1.82, 2.24) is 19.7 Å². The molecule has 0 spiro atoms. The molecule has 1 aliphatic heterocycles. The SMILES string of the molecule is C/C=C(\c1ccc(-n2nc(N)nc2N)cc1)N1CCCC1. The molecule has 3 rings (SSSR count). The minimum Gasteiger partial charge on any atom is -0.371 e. The number of allylic oxidation sites excluding steroid dienone is 1. The van der Waals surface area contributed by atoms with Gasteiger partial charge in [-0.05, 0) is 37.5 Å². The van der Waals surface area contributed by atoms with Gasteiger partial charge in [0.2, 0.25) is 11.9 Å². The highest BCUT2D eigenvalue weighted by Gasteiger charge is 2.15. The third-order valence-electron chi connectivity index (χ3n) is 3.78. The van der Waals surface area contributed by atoms with Crippen LogP contribution >= 0.6 is 0 Å². The van der Waals surface area contributed by atoms with Crippen molar-refractivity contribution in [3.8, 4) is 5.69 Å². The number of nitrogens with zero attached hydrogens (tertiary/aromatic N) is 4. The molecule has 2 aromatic rings. The minimum absolute atomic E-state index is 0.183. The number of benzene rings is 1. The van der Waals surface area contributed by atoms with E-state index in [0.29, 0.717) is 5.95 Å². The fourth-order valence-corrected chi connectivity index (χ4v) is 2.79. The summed E-state index contributed by atoms with van der Waals surface area (Å²) >= 11 is 0. The molecule has 0 unspecified atom stereocenters. The summed E-state index contributed by atoms with van der Waals surface area (Å²) in [5.74, 6) is 0.480. The molecule has 0 saturated carbocycles. The number of aromatic nitrogens is 3. The lowest BCUT2D eigenvalue weighted by molar-refractivity contribution is 0.492. The third kappa shape index (κ3) is 2.56. The van der Waals surface area contributed by atoms with Crippen LogP contribution in [0.1, 0.15) is 25.3 Å². The van der Waals surface area contributed by atoms with Crippen LogP contribution < -0.4 is 11.5 Å². The second kappa shape index (κ2) is 5.47. The van der Waals surface area contributed by atoms with Gasteiger partial charge in [0.15, 0.2) is 0 Å². The van der Waals surface area contributed by atoms with Gasteiger partial charge in [-0.2, -0.15) is 9.67 Å². The fourth-order valence-electron chi connectivity index (χ4n) is 2.79. The fraction of sp³-hybridized carbons (Fsp3) is 0.333. The summed E-state index contributed by atoms with van der Waals surface area (Å²) in [6, 6.07) is 8.14. The van der Waals surface area contributed by atoms with Crippen molar-refractivity contribution in [3.05, 3.63) is 35.9 Å². The lowest BCUT2D eigenvalue weighted by atomic mass is 10.1. The van der Waals surface area contributed by atoms with Crippen LogP contribution in [0.2, 0.25) is 0 Å². The number of nitrogens with two attached hydrogens (primary N) is 2. The highest BCUT2D eigenvalue weighted by atomic mass is 15.4. The first-order valence-corrected chi connectivity index (χ1v) is 7.19. The Bertz CT molecular complexity index is 649. The zero-order valence-electron chi connectivity index (χ0n) is 12.2. The first-order chi connectivity index (χ1) is 10.2. The monoisotopic (exact) mass is 284 g/mol. The van der Waals surface area contributed by atoms with E-state index < -0.39 is 0 Å². The van der Waals surface area contributed by atoms with Crippen LogP contribution in [0.25, 0.3) is 11.4 Å². The zero-order chi connectivity index (χ0) is 14.8. The summed E-state index contributed by atoms with van der Waals surface area (Å²) in [5.41, 5.74) is 14.7. The Morgan fingerprint density at radius 1 is 1.14 bits per heavy atom. The van der Waals surface area contributed by atoms with E-state index in [-0.39, 0.29) is 5.95 Å². The standard InChI is InChI=1S/C15H20N6/c1-2-13(20-9-3-4-10-20)11-5-7-12(8-6-11)21-15(17)18-14(16)19-21/h2,5-8H,3-4,9-10H2,1H3,(H4,16,17,18,19)/b13-2+. The normalized spacial score (nSPS) is 15.7. The van der Waals surface area contributed by atoms with E-state index in [0.717, 1.165) is 18.8 Å². The third-order valence-corrected chi connectivity index (χ3v) is 3.78. The van der Waals surface area contributed by atoms with Crippen LogP contribution in [-0.4, -0.2) is 32.8 Å². The molecule has 1 aromatic heterocycles. The summed E-state index contributed by atoms with van der Waals surface area (Å²) in [7, 11) is 0. The first-order valence-electron chi connectivity index (χ1n) is 7.19. The van der Waals surface area contributed by atoms with Crippen LogP contribution in [0.4, 0.5) is 11.9 Å². The van der Waals surface area contributed by atoms with Gasteiger partial charge in [0, 0.05) is 18.8 Å². The number of hydrogen-bond donors (Lipinski definition) is 2. The highest BCUT2D eigenvalue weighted by Crippen LogP contribution is 2.25. The number of hydrogen-bond acceptors (Lipinski definition) is 5. The van der Waals surface area contributed by atoms with Gasteiger partial charge in [0.05, 0.1) is 5.69 Å². The lowest BCUT2D eigenvalue weighted by Crippen LogP contribution is -2.17. The quantitative estimate of drug-likeness (QED) is 0.899. The van der Waals surface area contributed by atoms with Crippen molar-refractivity contribution in [3.63, 3.8) is 0 Å². The van der Waals surface area contributed by atoms with Crippen molar-refractivity contribution in [2.45, 2.75) is 19.8 Å². The van der Waals surface area contributed by atoms with E-state index in [2.05, 4.69) is 40.1 Å². The predicted molar refractivity (Wildman–Crippen MR) is 84.6 cm³/mol. The average Bonchev–Trinajstić information content (AvgIpc) is 3.11. The Morgan fingerprint density at radius 3 is 2.33 bits per heavy atom. The smallest absolute Gasteiger partial charge is 0.241 e. The maximum atomic E-state index is 5.79. The van der Waals surface area contributed by atoms with Crippen molar-refractivity contribution < 1.29 is 0 Å². The molecule has 110 valence electrons. The van der Waals surface area contributed by atoms with Gasteiger partial charge in [-0.1, -0.05) is 18.2 Å². The average molecular weight is 284 g/mol. The van der Waals surface area contributed by atoms with Gasteiger partial charge in [0.25, 0.3) is 0 Å². The molecule has 0 radical (unpaired) electrons. The number of anilines is 2. The van der Waals surface area contributed by atoms with Gasteiger partial charge < -0.3 is 16.4 Å². The van der Waals surface area contributed by atoms with Crippen LogP contribution in [0.5, 0.6) is 0 Å². The molecular formula is C15H20N6. The van der Waals surface area contributed by atoms with Gasteiger partial charge in [-0.3, -0.25) is 0 Å². The van der Waals surface area contributed by atoms with Crippen LogP contribution in [0.3, 0.4) is 0 Å². The predicted octanol–water partition coefficient (Wildman–Crippen LogP) is 1.89. The zero-order valence-corrected chi connectivity index (χ0v) is 12.2. The molecule has 6 nitrogen and oxygen atoms in total. The van der Waals surface area contributed by atoms with Gasteiger partial charge in [-0.25, -0.2) is 0 Å². The number of rotatable bonds is 3. The van der Waals surface area contributed by atoms with Crippen LogP contribution in [-0.2, 0) is 0 Å². The summed E-state index contributed by atoms with van der Waals surface area (Å²) in [6.45, 7) is 4.35. The summed E-state index contributed by atoms with van der Waals surface area (Å²) < 4.78 is 1.55. The van der Waals surface area contributed by atoms with Crippen LogP contribution in [0, 0.1) is 0 Å². The molecule has 21 heavy (non-hydrogen) atoms. The van der Waals surface area contributed by atoms with Crippen molar-refractivity contribution in [1.29, 1.82) is 0 Å². The molecule has 4 N–H and O–H groups in total. The Balaban J connectivity index is 1.88. The topological polar surface area (TPSA) is 86.0 Å².